The van der Waals surface area contributed by atoms with Crippen molar-refractivity contribution in [2.24, 2.45) is 5.92 Å². The van der Waals surface area contributed by atoms with Crippen LogP contribution in [0.2, 0.25) is 0 Å². The summed E-state index contributed by atoms with van der Waals surface area (Å²) in [4.78, 5) is 10.8. The van der Waals surface area contributed by atoms with E-state index in [0.29, 0.717) is 0 Å². The van der Waals surface area contributed by atoms with Crippen LogP contribution in [0.4, 0.5) is 0 Å². The van der Waals surface area contributed by atoms with Crippen LogP contribution in [0.15, 0.2) is 24.3 Å². The van der Waals surface area contributed by atoms with Gasteiger partial charge in [-0.3, -0.25) is 4.79 Å². The van der Waals surface area contributed by atoms with Crippen molar-refractivity contribution in [3.05, 3.63) is 35.4 Å². The summed E-state index contributed by atoms with van der Waals surface area (Å²) >= 11 is 0. The summed E-state index contributed by atoms with van der Waals surface area (Å²) in [7, 11) is 0. The molecule has 1 fully saturated rings. The molecule has 0 bridgehead atoms. The first-order valence-electron chi connectivity index (χ1n) is 5.48. The zero-order valence-corrected chi connectivity index (χ0v) is 8.94. The number of hydrogen-bond donors (Lipinski definition) is 1. The summed E-state index contributed by atoms with van der Waals surface area (Å²) in [6, 6.07) is 8.00. The van der Waals surface area contributed by atoms with Gasteiger partial charge in [-0.25, -0.2) is 0 Å². The van der Waals surface area contributed by atoms with Gasteiger partial charge in [-0.05, 0) is 43.2 Å². The summed E-state index contributed by atoms with van der Waals surface area (Å²) in [5, 5.41) is 8.92. The molecule has 2 nitrogen and oxygen atoms in total. The first kappa shape index (κ1) is 10.2. The fourth-order valence-electron chi connectivity index (χ4n) is 1.79. The monoisotopic (exact) mass is 204 g/mol. The molecule has 0 spiro atoms. The Morgan fingerprint density at radius 2 is 2.27 bits per heavy atom. The highest BCUT2D eigenvalue weighted by atomic mass is 16.4. The molecule has 0 aliphatic heterocycles. The molecular weight excluding hydrogens is 188 g/mol. The molecule has 0 saturated heterocycles. The zero-order chi connectivity index (χ0) is 10.8. The van der Waals surface area contributed by atoms with Gasteiger partial charge in [0.1, 0.15) is 0 Å². The van der Waals surface area contributed by atoms with E-state index in [2.05, 4.69) is 6.07 Å². The minimum atomic E-state index is -0.751. The predicted octanol–water partition coefficient (Wildman–Crippen LogP) is 2.83. The van der Waals surface area contributed by atoms with E-state index in [4.69, 9.17) is 5.11 Å². The maximum absolute atomic E-state index is 10.8. The molecule has 80 valence electrons. The van der Waals surface area contributed by atoms with Gasteiger partial charge in [-0.2, -0.15) is 0 Å². The van der Waals surface area contributed by atoms with Crippen LogP contribution in [0.5, 0.6) is 0 Å². The number of carboxylic acid groups (broad SMARTS) is 1. The number of rotatable bonds is 4. The Morgan fingerprint density at radius 3 is 2.87 bits per heavy atom. The number of carbonyl (C=O) groups is 1. The molecule has 1 N–H and O–H groups in total. The van der Waals surface area contributed by atoms with Crippen LogP contribution in [0.3, 0.4) is 0 Å². The molecule has 1 aliphatic rings. The fraction of sp³-hybridized carbons (Fsp3) is 0.462. The minimum Gasteiger partial charge on any atom is -0.481 e. The van der Waals surface area contributed by atoms with Crippen molar-refractivity contribution in [2.45, 2.75) is 32.1 Å². The van der Waals surface area contributed by atoms with Crippen molar-refractivity contribution in [3.8, 4) is 0 Å². The van der Waals surface area contributed by atoms with Gasteiger partial charge in [0.25, 0.3) is 0 Å². The summed E-state index contributed by atoms with van der Waals surface area (Å²) < 4.78 is 0. The van der Waals surface area contributed by atoms with E-state index in [9.17, 15) is 4.79 Å². The first-order chi connectivity index (χ1) is 7.16. The first-order valence-corrected chi connectivity index (χ1v) is 5.48. The van der Waals surface area contributed by atoms with Gasteiger partial charge < -0.3 is 5.11 Å². The summed E-state index contributed by atoms with van der Waals surface area (Å²) in [5.41, 5.74) is 2.20. The highest BCUT2D eigenvalue weighted by Gasteiger charge is 2.22. The topological polar surface area (TPSA) is 37.3 Å². The zero-order valence-electron chi connectivity index (χ0n) is 8.94. The minimum absolute atomic E-state index is 0.399. The molecular formula is C13H16O2. The maximum Gasteiger partial charge on any atom is 0.310 e. The average molecular weight is 204 g/mol. The van der Waals surface area contributed by atoms with Crippen LogP contribution in [0.1, 0.15) is 36.8 Å². The molecule has 0 radical (unpaired) electrons. The number of aliphatic carboxylic acids is 1. The van der Waals surface area contributed by atoms with Crippen LogP contribution in [0, 0.1) is 5.92 Å². The second kappa shape index (κ2) is 4.05. The normalized spacial score (nSPS) is 17.4. The quantitative estimate of drug-likeness (QED) is 0.818. The second-order valence-corrected chi connectivity index (χ2v) is 4.45. The van der Waals surface area contributed by atoms with Crippen LogP contribution in [-0.4, -0.2) is 11.1 Å². The van der Waals surface area contributed by atoms with Gasteiger partial charge in [0, 0.05) is 0 Å². The molecule has 15 heavy (non-hydrogen) atoms. The van der Waals surface area contributed by atoms with Crippen molar-refractivity contribution in [2.75, 3.05) is 0 Å². The highest BCUT2D eigenvalue weighted by molar-refractivity contribution is 5.75. The van der Waals surface area contributed by atoms with Crippen molar-refractivity contribution in [3.63, 3.8) is 0 Å². The summed E-state index contributed by atoms with van der Waals surface area (Å²) in [6.45, 7) is 1.73. The molecule has 1 unspecified atom stereocenters. The third-order valence-corrected chi connectivity index (χ3v) is 3.04. The van der Waals surface area contributed by atoms with Crippen molar-refractivity contribution >= 4 is 5.97 Å². The Hall–Kier alpha value is -1.31. The van der Waals surface area contributed by atoms with Crippen LogP contribution < -0.4 is 0 Å². The molecule has 1 saturated carbocycles. The van der Waals surface area contributed by atoms with Gasteiger partial charge in [0.15, 0.2) is 0 Å². The lowest BCUT2D eigenvalue weighted by atomic mass is 9.97. The molecule has 1 aromatic rings. The van der Waals surface area contributed by atoms with E-state index < -0.39 is 11.9 Å². The van der Waals surface area contributed by atoms with Gasteiger partial charge in [-0.1, -0.05) is 24.3 Å². The molecule has 0 aromatic heterocycles. The maximum atomic E-state index is 10.8. The lowest BCUT2D eigenvalue weighted by Crippen LogP contribution is -2.07. The Bertz CT molecular complexity index is 367. The molecule has 0 amide bonds. The molecule has 1 aliphatic carbocycles. The Labute approximate surface area is 89.9 Å². The van der Waals surface area contributed by atoms with E-state index in [1.54, 1.807) is 6.92 Å². The third-order valence-electron chi connectivity index (χ3n) is 3.04. The highest BCUT2D eigenvalue weighted by Crippen LogP contribution is 2.33. The standard InChI is InChI=1S/C13H16O2/c1-9(13(14)15)12-4-2-3-11(8-12)7-10-5-6-10/h2-4,8-10H,5-7H2,1H3,(H,14,15). The van der Waals surface area contributed by atoms with Crippen molar-refractivity contribution in [1.82, 2.24) is 0 Å². The number of carboxylic acids is 1. The van der Waals surface area contributed by atoms with Gasteiger partial charge in [0.2, 0.25) is 0 Å². The second-order valence-electron chi connectivity index (χ2n) is 4.45. The molecule has 2 rings (SSSR count). The van der Waals surface area contributed by atoms with Crippen LogP contribution >= 0.6 is 0 Å². The lowest BCUT2D eigenvalue weighted by molar-refractivity contribution is -0.138. The Morgan fingerprint density at radius 1 is 1.53 bits per heavy atom. The van der Waals surface area contributed by atoms with E-state index in [-0.39, 0.29) is 0 Å². The lowest BCUT2D eigenvalue weighted by Gasteiger charge is -2.08. The van der Waals surface area contributed by atoms with Crippen molar-refractivity contribution < 1.29 is 9.90 Å². The van der Waals surface area contributed by atoms with Crippen LogP contribution in [0.25, 0.3) is 0 Å². The average Bonchev–Trinajstić information content (AvgIpc) is 3.01. The molecule has 1 aromatic carbocycles. The van der Waals surface area contributed by atoms with Gasteiger partial charge in [-0.15, -0.1) is 0 Å². The largest absolute Gasteiger partial charge is 0.481 e. The van der Waals surface area contributed by atoms with E-state index in [0.717, 1.165) is 17.9 Å². The summed E-state index contributed by atoms with van der Waals surface area (Å²) in [6.07, 6.45) is 3.78. The van der Waals surface area contributed by atoms with E-state index in [1.807, 2.05) is 18.2 Å². The van der Waals surface area contributed by atoms with E-state index >= 15 is 0 Å². The Kier molecular flexibility index (Phi) is 2.76. The van der Waals surface area contributed by atoms with Crippen LogP contribution in [-0.2, 0) is 11.2 Å². The molecule has 0 heterocycles. The third kappa shape index (κ3) is 2.58. The number of benzene rings is 1. The number of hydrogen-bond acceptors (Lipinski definition) is 1. The predicted molar refractivity (Wildman–Crippen MR) is 58.9 cm³/mol. The SMILES string of the molecule is CC(C(=O)O)c1cccc(CC2CC2)c1. The van der Waals surface area contributed by atoms with E-state index in [1.165, 1.54) is 18.4 Å². The fourth-order valence-corrected chi connectivity index (χ4v) is 1.79. The smallest absolute Gasteiger partial charge is 0.310 e. The van der Waals surface area contributed by atoms with Gasteiger partial charge in [0.05, 0.1) is 5.92 Å². The molecule has 2 heteroatoms. The van der Waals surface area contributed by atoms with Crippen molar-refractivity contribution in [1.29, 1.82) is 0 Å². The van der Waals surface area contributed by atoms with Gasteiger partial charge >= 0.3 is 5.97 Å². The Balaban J connectivity index is 2.13. The molecule has 1 atom stereocenters. The summed E-state index contributed by atoms with van der Waals surface area (Å²) in [5.74, 6) is -0.303.